The molecule has 24 heavy (non-hydrogen) atoms. The van der Waals surface area contributed by atoms with Crippen LogP contribution in [0.25, 0.3) is 0 Å². The van der Waals surface area contributed by atoms with Gasteiger partial charge >= 0.3 is 0 Å². The Balaban J connectivity index is 1.85. The molecule has 1 aliphatic heterocycles. The molecule has 0 atom stereocenters. The van der Waals surface area contributed by atoms with Gasteiger partial charge in [0, 0.05) is 31.5 Å². The Hall–Kier alpha value is -1.85. The fraction of sp³-hybridized carbons (Fsp3) is 0.444. The van der Waals surface area contributed by atoms with E-state index in [-0.39, 0.29) is 16.7 Å². The third-order valence-corrected chi connectivity index (χ3v) is 4.75. The lowest BCUT2D eigenvalue weighted by Gasteiger charge is -2.29. The van der Waals surface area contributed by atoms with E-state index >= 15 is 0 Å². The number of hydrogen-bond acceptors (Lipinski definition) is 4. The molecule has 2 heterocycles. The van der Waals surface area contributed by atoms with E-state index < -0.39 is 0 Å². The molecule has 0 unspecified atom stereocenters. The number of fused-ring (bicyclic) bond motifs is 1. The van der Waals surface area contributed by atoms with Gasteiger partial charge < -0.3 is 10.1 Å². The van der Waals surface area contributed by atoms with Gasteiger partial charge in [-0.15, -0.1) is 0 Å². The molecule has 0 saturated heterocycles. The lowest BCUT2D eigenvalue weighted by molar-refractivity contribution is 0.240. The van der Waals surface area contributed by atoms with Crippen LogP contribution in [0.2, 0.25) is 5.02 Å². The Bertz CT molecular complexity index is 824. The zero-order valence-electron chi connectivity index (χ0n) is 14.2. The van der Waals surface area contributed by atoms with E-state index in [0.29, 0.717) is 18.1 Å². The molecule has 0 fully saturated rings. The lowest BCUT2D eigenvalue weighted by atomic mass is 9.95. The summed E-state index contributed by atoms with van der Waals surface area (Å²) in [6.45, 7) is 8.05. The van der Waals surface area contributed by atoms with Crippen molar-refractivity contribution >= 4 is 11.6 Å². The maximum absolute atomic E-state index is 12.5. The summed E-state index contributed by atoms with van der Waals surface area (Å²) in [6.07, 6.45) is 0.735. The van der Waals surface area contributed by atoms with E-state index in [1.165, 1.54) is 0 Å². The number of phenols is 1. The zero-order chi connectivity index (χ0) is 17.5. The van der Waals surface area contributed by atoms with Crippen LogP contribution in [0, 0.1) is 0 Å². The summed E-state index contributed by atoms with van der Waals surface area (Å²) in [6, 6.07) is 5.24. The Kier molecular flexibility index (Phi) is 4.40. The third-order valence-electron chi connectivity index (χ3n) is 4.31. The summed E-state index contributed by atoms with van der Waals surface area (Å²) < 4.78 is 0. The minimum absolute atomic E-state index is 0.0587. The molecule has 0 amide bonds. The number of benzene rings is 1. The van der Waals surface area contributed by atoms with Crippen LogP contribution in [0.1, 0.15) is 43.4 Å². The Morgan fingerprint density at radius 3 is 2.83 bits per heavy atom. The second-order valence-electron chi connectivity index (χ2n) is 7.30. The first kappa shape index (κ1) is 17.0. The molecule has 0 spiro atoms. The summed E-state index contributed by atoms with van der Waals surface area (Å²) in [5.74, 6) is 0.816. The normalized spacial score (nSPS) is 15.3. The average Bonchev–Trinajstić information content (AvgIpc) is 2.51. The number of aromatic amines is 1. The van der Waals surface area contributed by atoms with Gasteiger partial charge in [0.15, 0.2) is 0 Å². The first-order valence-electron chi connectivity index (χ1n) is 8.07. The minimum atomic E-state index is -0.180. The topological polar surface area (TPSA) is 69.2 Å². The predicted molar refractivity (Wildman–Crippen MR) is 94.5 cm³/mol. The number of nitrogens with one attached hydrogen (secondary N) is 1. The molecule has 0 saturated carbocycles. The highest BCUT2D eigenvalue weighted by Crippen LogP contribution is 2.29. The molecule has 6 heteroatoms. The first-order chi connectivity index (χ1) is 11.3. The molecule has 0 bridgehead atoms. The van der Waals surface area contributed by atoms with E-state index in [1.54, 1.807) is 12.1 Å². The Morgan fingerprint density at radius 1 is 1.38 bits per heavy atom. The predicted octanol–water partition coefficient (Wildman–Crippen LogP) is 2.98. The van der Waals surface area contributed by atoms with Crippen LogP contribution in [-0.2, 0) is 24.9 Å². The average molecular weight is 348 g/mol. The van der Waals surface area contributed by atoms with Gasteiger partial charge in [-0.1, -0.05) is 44.5 Å². The van der Waals surface area contributed by atoms with Crippen LogP contribution in [0.3, 0.4) is 0 Å². The summed E-state index contributed by atoms with van der Waals surface area (Å²) >= 11 is 6.16. The zero-order valence-corrected chi connectivity index (χ0v) is 14.9. The van der Waals surface area contributed by atoms with Crippen molar-refractivity contribution in [1.29, 1.82) is 0 Å². The molecule has 1 aromatic heterocycles. The molecule has 0 aliphatic carbocycles. The van der Waals surface area contributed by atoms with Gasteiger partial charge in [-0.25, -0.2) is 4.98 Å². The van der Waals surface area contributed by atoms with Crippen molar-refractivity contribution in [3.8, 4) is 5.75 Å². The summed E-state index contributed by atoms with van der Waals surface area (Å²) in [4.78, 5) is 22.2. The van der Waals surface area contributed by atoms with E-state index in [9.17, 15) is 9.90 Å². The number of nitrogens with zero attached hydrogens (tertiary/aromatic N) is 2. The van der Waals surface area contributed by atoms with E-state index in [2.05, 4.69) is 14.9 Å². The number of rotatable bonds is 2. The van der Waals surface area contributed by atoms with E-state index in [0.717, 1.165) is 35.6 Å². The number of aromatic nitrogens is 2. The third kappa shape index (κ3) is 3.32. The molecule has 1 aliphatic rings. The number of H-pyrrole nitrogens is 1. The maximum atomic E-state index is 12.5. The standard InChI is InChI=1S/C18H22ClN3O2/c1-18(2,3)17-20-13-7-8-22(10-12(13)16(24)21-17)9-11-5-4-6-14(23)15(11)19/h4-6,23H,7-10H2,1-3H3,(H,20,21,24). The van der Waals surface area contributed by atoms with Crippen molar-refractivity contribution in [3.05, 3.63) is 56.2 Å². The SMILES string of the molecule is CC(C)(C)c1nc2c(c(=O)[nH]1)CN(Cc1cccc(O)c1Cl)CC2. The van der Waals surface area contributed by atoms with Crippen LogP contribution in [0.15, 0.2) is 23.0 Å². The fourth-order valence-corrected chi connectivity index (χ4v) is 3.09. The highest BCUT2D eigenvalue weighted by molar-refractivity contribution is 6.32. The monoisotopic (exact) mass is 347 g/mol. The largest absolute Gasteiger partial charge is 0.506 e. The molecule has 3 rings (SSSR count). The summed E-state index contributed by atoms with van der Waals surface area (Å²) in [5, 5.41) is 10.1. The molecule has 1 aromatic carbocycles. The highest BCUT2D eigenvalue weighted by Gasteiger charge is 2.25. The van der Waals surface area contributed by atoms with Gasteiger partial charge in [0.05, 0.1) is 16.3 Å². The fourth-order valence-electron chi connectivity index (χ4n) is 2.90. The van der Waals surface area contributed by atoms with Gasteiger partial charge in [0.2, 0.25) is 0 Å². The van der Waals surface area contributed by atoms with Gasteiger partial charge in [-0.2, -0.15) is 0 Å². The quantitative estimate of drug-likeness (QED) is 0.876. The Labute approximate surface area is 146 Å². The smallest absolute Gasteiger partial charge is 0.255 e. The van der Waals surface area contributed by atoms with Gasteiger partial charge in [0.1, 0.15) is 11.6 Å². The van der Waals surface area contributed by atoms with Crippen LogP contribution in [0.4, 0.5) is 0 Å². The van der Waals surface area contributed by atoms with Crippen molar-refractivity contribution in [1.82, 2.24) is 14.9 Å². The molecule has 2 N–H and O–H groups in total. The van der Waals surface area contributed by atoms with Crippen molar-refractivity contribution in [3.63, 3.8) is 0 Å². The summed E-state index contributed by atoms with van der Waals surface area (Å²) in [5.41, 5.74) is 2.24. The lowest BCUT2D eigenvalue weighted by Crippen LogP contribution is -2.37. The Morgan fingerprint density at radius 2 is 2.12 bits per heavy atom. The van der Waals surface area contributed by atoms with Gasteiger partial charge in [0.25, 0.3) is 5.56 Å². The van der Waals surface area contributed by atoms with Crippen molar-refractivity contribution in [2.45, 2.75) is 45.7 Å². The summed E-state index contributed by atoms with van der Waals surface area (Å²) in [7, 11) is 0. The molecular weight excluding hydrogens is 326 g/mol. The van der Waals surface area contributed by atoms with E-state index in [4.69, 9.17) is 11.6 Å². The first-order valence-corrected chi connectivity index (χ1v) is 8.45. The van der Waals surface area contributed by atoms with Gasteiger partial charge in [-0.3, -0.25) is 9.69 Å². The second kappa shape index (κ2) is 6.22. The molecular formula is C18H22ClN3O2. The van der Waals surface area contributed by atoms with Crippen LogP contribution < -0.4 is 5.56 Å². The highest BCUT2D eigenvalue weighted by atomic mass is 35.5. The van der Waals surface area contributed by atoms with E-state index in [1.807, 2.05) is 26.8 Å². The number of aromatic hydroxyl groups is 1. The number of hydrogen-bond donors (Lipinski definition) is 2. The number of phenolic OH excluding ortho intramolecular Hbond substituents is 1. The van der Waals surface area contributed by atoms with Crippen molar-refractivity contribution in [2.24, 2.45) is 0 Å². The minimum Gasteiger partial charge on any atom is -0.506 e. The van der Waals surface area contributed by atoms with Crippen LogP contribution >= 0.6 is 11.6 Å². The van der Waals surface area contributed by atoms with Crippen LogP contribution in [-0.4, -0.2) is 26.5 Å². The molecule has 128 valence electrons. The molecule has 2 aromatic rings. The second-order valence-corrected chi connectivity index (χ2v) is 7.68. The van der Waals surface area contributed by atoms with Crippen molar-refractivity contribution in [2.75, 3.05) is 6.54 Å². The molecule has 5 nitrogen and oxygen atoms in total. The molecule has 0 radical (unpaired) electrons. The maximum Gasteiger partial charge on any atom is 0.255 e. The van der Waals surface area contributed by atoms with Crippen molar-refractivity contribution < 1.29 is 5.11 Å². The number of halogens is 1. The van der Waals surface area contributed by atoms with Gasteiger partial charge in [-0.05, 0) is 11.6 Å². The van der Waals surface area contributed by atoms with Crippen LogP contribution in [0.5, 0.6) is 5.75 Å².